The highest BCUT2D eigenvalue weighted by atomic mass is 32.1. The van der Waals surface area contributed by atoms with E-state index in [0.717, 1.165) is 73.7 Å². The lowest BCUT2D eigenvalue weighted by atomic mass is 10.1. The summed E-state index contributed by atoms with van der Waals surface area (Å²) in [5.74, 6) is -0.0718. The molecule has 0 bridgehead atoms. The summed E-state index contributed by atoms with van der Waals surface area (Å²) in [4.78, 5) is 31.3. The van der Waals surface area contributed by atoms with Crippen molar-refractivity contribution in [3.8, 4) is 0 Å². The summed E-state index contributed by atoms with van der Waals surface area (Å²) in [7, 11) is 0. The first-order chi connectivity index (χ1) is 16.1. The number of nitrogens with zero attached hydrogens (tertiary/aromatic N) is 1. The molecule has 2 aromatic carbocycles. The molecule has 33 heavy (non-hydrogen) atoms. The number of fused-ring (bicyclic) bond motifs is 1. The third-order valence-corrected chi connectivity index (χ3v) is 7.90. The minimum absolute atomic E-state index is 0.0766. The zero-order valence-electron chi connectivity index (χ0n) is 19.0. The van der Waals surface area contributed by atoms with E-state index in [-0.39, 0.29) is 11.8 Å². The zero-order chi connectivity index (χ0) is 22.8. The van der Waals surface area contributed by atoms with Gasteiger partial charge in [-0.05, 0) is 43.9 Å². The van der Waals surface area contributed by atoms with Crippen molar-refractivity contribution in [2.75, 3.05) is 31.5 Å². The predicted molar refractivity (Wildman–Crippen MR) is 132 cm³/mol. The van der Waals surface area contributed by atoms with E-state index in [4.69, 9.17) is 0 Å². The van der Waals surface area contributed by atoms with Gasteiger partial charge in [-0.3, -0.25) is 9.59 Å². The number of carbonyl (C=O) groups is 2. The van der Waals surface area contributed by atoms with Crippen LogP contribution < -0.4 is 10.2 Å². The van der Waals surface area contributed by atoms with Gasteiger partial charge in [0.1, 0.15) is 11.5 Å². The fourth-order valence-electron chi connectivity index (χ4n) is 4.93. The maximum atomic E-state index is 13.7. The molecule has 0 unspecified atom stereocenters. The summed E-state index contributed by atoms with van der Waals surface area (Å²) < 4.78 is 0. The summed E-state index contributed by atoms with van der Waals surface area (Å²) in [5, 5.41) is 3.79. The average Bonchev–Trinajstić information content (AvgIpc) is 3.41. The van der Waals surface area contributed by atoms with Crippen LogP contribution in [0.1, 0.15) is 48.7 Å². The Labute approximate surface area is 199 Å². The van der Waals surface area contributed by atoms with Gasteiger partial charge in [-0.15, -0.1) is 11.3 Å². The Morgan fingerprint density at radius 1 is 1.03 bits per heavy atom. The van der Waals surface area contributed by atoms with E-state index < -0.39 is 0 Å². The molecule has 1 saturated heterocycles. The fourth-order valence-corrected chi connectivity index (χ4v) is 6.20. The molecule has 6 heteroatoms. The van der Waals surface area contributed by atoms with Crippen LogP contribution in [0.5, 0.6) is 0 Å². The van der Waals surface area contributed by atoms with Crippen LogP contribution in [0, 0.1) is 6.92 Å². The third kappa shape index (κ3) is 4.72. The number of rotatable bonds is 5. The van der Waals surface area contributed by atoms with Crippen LogP contribution in [0.2, 0.25) is 0 Å². The second-order valence-corrected chi connectivity index (χ2v) is 10.2. The number of hydrogen-bond donors (Lipinski definition) is 2. The van der Waals surface area contributed by atoms with Crippen LogP contribution in [0.25, 0.3) is 0 Å². The van der Waals surface area contributed by atoms with Gasteiger partial charge in [-0.25, -0.2) is 0 Å². The Morgan fingerprint density at radius 2 is 1.82 bits per heavy atom. The smallest absolute Gasteiger partial charge is 0.257 e. The summed E-state index contributed by atoms with van der Waals surface area (Å²) >= 11 is 1.59. The number of aryl methyl sites for hydroxylation is 2. The van der Waals surface area contributed by atoms with Crippen molar-refractivity contribution in [1.82, 2.24) is 4.90 Å². The molecule has 0 atom stereocenters. The Morgan fingerprint density at radius 3 is 2.58 bits per heavy atom. The Bertz CT molecular complexity index is 1160. The largest absolute Gasteiger partial charge is 0.328 e. The first-order valence-electron chi connectivity index (χ1n) is 11.8. The van der Waals surface area contributed by atoms with Crippen LogP contribution in [0.15, 0.2) is 54.6 Å². The third-order valence-electron chi connectivity index (χ3n) is 6.70. The quantitative estimate of drug-likeness (QED) is 0.614. The standard InChI is InChI=1S/C27H29N3O2S/c1-19-7-5-10-21(17-19)25(31)28-26-24(22-11-6-12-23(22)33-26)27(32)30-15-13-29(14-16-30)18-20-8-3-2-4-9-20/h2-5,7-10,17H,6,11-16,18H2,1H3,(H,28,31)/p+1. The monoisotopic (exact) mass is 460 g/mol. The molecule has 2 aliphatic rings. The van der Waals surface area contributed by atoms with Crippen LogP contribution >= 0.6 is 11.3 Å². The highest BCUT2D eigenvalue weighted by molar-refractivity contribution is 7.17. The molecule has 3 aromatic rings. The topological polar surface area (TPSA) is 53.9 Å². The molecular weight excluding hydrogens is 430 g/mol. The molecule has 2 heterocycles. The Balaban J connectivity index is 1.30. The van der Waals surface area contributed by atoms with E-state index in [1.165, 1.54) is 15.3 Å². The van der Waals surface area contributed by atoms with Crippen LogP contribution in [-0.4, -0.2) is 42.9 Å². The number of hydrogen-bond acceptors (Lipinski definition) is 3. The Kier molecular flexibility index (Phi) is 6.29. The summed E-state index contributed by atoms with van der Waals surface area (Å²) in [5.41, 5.74) is 4.90. The molecule has 0 saturated carbocycles. The number of benzene rings is 2. The number of quaternary nitrogens is 1. The number of thiophene rings is 1. The van der Waals surface area contributed by atoms with E-state index in [2.05, 4.69) is 29.6 Å². The van der Waals surface area contributed by atoms with Crippen LogP contribution in [0.4, 0.5) is 5.00 Å². The van der Waals surface area contributed by atoms with Crippen LogP contribution in [-0.2, 0) is 19.4 Å². The average molecular weight is 461 g/mol. The highest BCUT2D eigenvalue weighted by Gasteiger charge is 2.32. The van der Waals surface area contributed by atoms with Gasteiger partial charge >= 0.3 is 0 Å². The summed E-state index contributed by atoms with van der Waals surface area (Å²) in [6.45, 7) is 6.35. The van der Waals surface area contributed by atoms with E-state index >= 15 is 0 Å². The molecule has 2 N–H and O–H groups in total. The van der Waals surface area contributed by atoms with Gasteiger partial charge in [0.2, 0.25) is 0 Å². The molecule has 5 nitrogen and oxygen atoms in total. The van der Waals surface area contributed by atoms with E-state index in [0.29, 0.717) is 5.56 Å². The first kappa shape index (κ1) is 21.9. The molecule has 2 amide bonds. The van der Waals surface area contributed by atoms with Crippen molar-refractivity contribution < 1.29 is 14.5 Å². The molecule has 1 aromatic heterocycles. The van der Waals surface area contributed by atoms with Gasteiger partial charge in [-0.1, -0.05) is 48.0 Å². The van der Waals surface area contributed by atoms with Gasteiger partial charge < -0.3 is 15.1 Å². The number of carbonyl (C=O) groups excluding carboxylic acids is 2. The number of anilines is 1. The van der Waals surface area contributed by atoms with Gasteiger partial charge in [0.15, 0.2) is 0 Å². The van der Waals surface area contributed by atoms with E-state index in [9.17, 15) is 9.59 Å². The summed E-state index contributed by atoms with van der Waals surface area (Å²) in [6, 6.07) is 18.1. The molecule has 1 aliphatic carbocycles. The van der Waals surface area contributed by atoms with Gasteiger partial charge in [0, 0.05) is 16.0 Å². The summed E-state index contributed by atoms with van der Waals surface area (Å²) in [6.07, 6.45) is 3.00. The van der Waals surface area contributed by atoms with Gasteiger partial charge in [0.05, 0.1) is 31.7 Å². The molecule has 1 aliphatic heterocycles. The number of amides is 2. The lowest BCUT2D eigenvalue weighted by Crippen LogP contribution is -3.13. The van der Waals surface area contributed by atoms with Crippen LogP contribution in [0.3, 0.4) is 0 Å². The molecular formula is C27H30N3O2S+. The van der Waals surface area contributed by atoms with Crippen molar-refractivity contribution >= 4 is 28.2 Å². The maximum Gasteiger partial charge on any atom is 0.257 e. The first-order valence-corrected chi connectivity index (χ1v) is 12.6. The molecule has 170 valence electrons. The van der Waals surface area contributed by atoms with Gasteiger partial charge in [-0.2, -0.15) is 0 Å². The normalized spacial score (nSPS) is 16.0. The minimum Gasteiger partial charge on any atom is -0.328 e. The lowest BCUT2D eigenvalue weighted by molar-refractivity contribution is -0.917. The number of piperazine rings is 1. The van der Waals surface area contributed by atoms with Crippen molar-refractivity contribution in [1.29, 1.82) is 0 Å². The lowest BCUT2D eigenvalue weighted by Gasteiger charge is -2.32. The van der Waals surface area contributed by atoms with E-state index in [1.807, 2.05) is 42.2 Å². The van der Waals surface area contributed by atoms with E-state index in [1.54, 1.807) is 11.3 Å². The molecule has 0 radical (unpaired) electrons. The maximum absolute atomic E-state index is 13.7. The second-order valence-electron chi connectivity index (χ2n) is 9.09. The minimum atomic E-state index is -0.148. The van der Waals surface area contributed by atoms with Crippen molar-refractivity contribution in [2.24, 2.45) is 0 Å². The number of nitrogens with one attached hydrogen (secondary N) is 2. The fraction of sp³-hybridized carbons (Fsp3) is 0.333. The SMILES string of the molecule is Cc1cccc(C(=O)Nc2sc3c(c2C(=O)N2CC[NH+](Cc4ccccc4)CC2)CCC3)c1. The van der Waals surface area contributed by atoms with Crippen molar-refractivity contribution in [2.45, 2.75) is 32.7 Å². The van der Waals surface area contributed by atoms with Crippen molar-refractivity contribution in [3.05, 3.63) is 87.3 Å². The van der Waals surface area contributed by atoms with Crippen molar-refractivity contribution in [3.63, 3.8) is 0 Å². The van der Waals surface area contributed by atoms with Gasteiger partial charge in [0.25, 0.3) is 11.8 Å². The second kappa shape index (κ2) is 9.49. The highest BCUT2D eigenvalue weighted by Crippen LogP contribution is 2.40. The zero-order valence-corrected chi connectivity index (χ0v) is 19.8. The molecule has 5 rings (SSSR count). The predicted octanol–water partition coefficient (Wildman–Crippen LogP) is 3.34. The molecule has 0 spiro atoms. The molecule has 1 fully saturated rings. The Hall–Kier alpha value is -2.96.